The number of oxazole rings is 1. The summed E-state index contributed by atoms with van der Waals surface area (Å²) < 4.78 is 11.1. The van der Waals surface area contributed by atoms with E-state index in [4.69, 9.17) is 9.15 Å². The number of nitrogens with one attached hydrogen (secondary N) is 1. The molecule has 0 aliphatic carbocycles. The van der Waals surface area contributed by atoms with E-state index in [1.165, 1.54) is 0 Å². The molecule has 1 N–H and O–H groups in total. The topological polar surface area (TPSA) is 84.7 Å². The maximum absolute atomic E-state index is 12.8. The second-order valence-electron chi connectivity index (χ2n) is 7.77. The van der Waals surface area contributed by atoms with Gasteiger partial charge in [0.15, 0.2) is 11.7 Å². The number of carbonyl (C=O) groups is 2. The lowest BCUT2D eigenvalue weighted by Gasteiger charge is -2.27. The zero-order chi connectivity index (χ0) is 22.3. The Morgan fingerprint density at radius 1 is 1.06 bits per heavy atom. The van der Waals surface area contributed by atoms with Crippen LogP contribution in [0.4, 0.5) is 5.69 Å². The number of hydrogen-bond acceptors (Lipinski definition) is 5. The van der Waals surface area contributed by atoms with Gasteiger partial charge in [-0.2, -0.15) is 0 Å². The van der Waals surface area contributed by atoms with E-state index >= 15 is 0 Å². The van der Waals surface area contributed by atoms with Gasteiger partial charge in [-0.15, -0.1) is 0 Å². The van der Waals surface area contributed by atoms with Gasteiger partial charge in [0.25, 0.3) is 5.91 Å². The molecule has 1 fully saturated rings. The zero-order valence-corrected chi connectivity index (χ0v) is 18.2. The fourth-order valence-corrected chi connectivity index (χ4v) is 3.71. The molecule has 0 spiro atoms. The molecule has 2 aromatic carbocycles. The Kier molecular flexibility index (Phi) is 6.97. The van der Waals surface area contributed by atoms with Gasteiger partial charge in [-0.25, -0.2) is 4.98 Å². The molecule has 166 valence electrons. The van der Waals surface area contributed by atoms with Crippen LogP contribution in [0, 0.1) is 6.92 Å². The van der Waals surface area contributed by atoms with Gasteiger partial charge in [-0.05, 0) is 31.0 Å². The van der Waals surface area contributed by atoms with E-state index in [2.05, 4.69) is 10.3 Å². The Bertz CT molecular complexity index is 1070. The first-order valence-corrected chi connectivity index (χ1v) is 10.9. The molecule has 1 aromatic heterocycles. The molecule has 0 saturated carbocycles. The van der Waals surface area contributed by atoms with E-state index in [9.17, 15) is 9.59 Å². The molecule has 2 heterocycles. The average molecular weight is 434 g/mol. The third-order valence-electron chi connectivity index (χ3n) is 5.54. The molecule has 1 aliphatic rings. The number of hydrogen-bond donors (Lipinski definition) is 1. The van der Waals surface area contributed by atoms with Gasteiger partial charge < -0.3 is 19.4 Å². The largest absolute Gasteiger partial charge is 0.441 e. The predicted molar refractivity (Wildman–Crippen MR) is 121 cm³/mol. The molecule has 1 saturated heterocycles. The van der Waals surface area contributed by atoms with E-state index in [1.54, 1.807) is 23.2 Å². The maximum Gasteiger partial charge on any atom is 0.254 e. The number of nitrogens with zero attached hydrogens (tertiary/aromatic N) is 2. The van der Waals surface area contributed by atoms with E-state index in [0.29, 0.717) is 62.7 Å². The van der Waals surface area contributed by atoms with Crippen molar-refractivity contribution in [3.63, 3.8) is 0 Å². The highest BCUT2D eigenvalue weighted by Crippen LogP contribution is 2.22. The molecule has 0 bridgehead atoms. The van der Waals surface area contributed by atoms with Gasteiger partial charge in [-0.3, -0.25) is 9.59 Å². The summed E-state index contributed by atoms with van der Waals surface area (Å²) in [5.41, 5.74) is 3.03. The highest BCUT2D eigenvalue weighted by molar-refractivity contribution is 5.99. The number of carbonyl (C=O) groups excluding carboxylic acids is 2. The molecule has 1 aliphatic heterocycles. The van der Waals surface area contributed by atoms with Crippen molar-refractivity contribution in [3.05, 3.63) is 71.7 Å². The monoisotopic (exact) mass is 433 g/mol. The van der Waals surface area contributed by atoms with Crippen LogP contribution >= 0.6 is 0 Å². The smallest absolute Gasteiger partial charge is 0.254 e. The molecule has 7 heteroatoms. The second kappa shape index (κ2) is 10.2. The summed E-state index contributed by atoms with van der Waals surface area (Å²) in [6.07, 6.45) is 3.25. The van der Waals surface area contributed by atoms with Gasteiger partial charge in [0.05, 0.1) is 19.4 Å². The number of aryl methyl sites for hydroxylation is 1. The van der Waals surface area contributed by atoms with Crippen LogP contribution < -0.4 is 5.32 Å². The first-order valence-electron chi connectivity index (χ1n) is 10.9. The van der Waals surface area contributed by atoms with Crippen molar-refractivity contribution in [2.75, 3.05) is 31.6 Å². The maximum atomic E-state index is 12.8. The molecule has 7 nitrogen and oxygen atoms in total. The van der Waals surface area contributed by atoms with Crippen molar-refractivity contribution >= 4 is 17.5 Å². The minimum Gasteiger partial charge on any atom is -0.441 e. The lowest BCUT2D eigenvalue weighted by Crippen LogP contribution is -2.41. The quantitative estimate of drug-likeness (QED) is 0.607. The number of ether oxygens (including phenoxy) is 1. The van der Waals surface area contributed by atoms with Crippen molar-refractivity contribution in [2.45, 2.75) is 26.2 Å². The number of morpholine rings is 1. The Balaban J connectivity index is 1.31. The number of amides is 2. The molecule has 3 aromatic rings. The van der Waals surface area contributed by atoms with E-state index in [0.717, 1.165) is 16.9 Å². The molecule has 0 unspecified atom stereocenters. The summed E-state index contributed by atoms with van der Waals surface area (Å²) in [5, 5.41) is 2.94. The fourth-order valence-electron chi connectivity index (χ4n) is 3.71. The van der Waals surface area contributed by atoms with Crippen LogP contribution in [0.2, 0.25) is 0 Å². The lowest BCUT2D eigenvalue weighted by molar-refractivity contribution is -0.116. The summed E-state index contributed by atoms with van der Waals surface area (Å²) in [6, 6.07) is 15.2. The van der Waals surface area contributed by atoms with Crippen LogP contribution in [0.15, 0.2) is 59.1 Å². The molecule has 0 radical (unpaired) electrons. The Morgan fingerprint density at radius 2 is 1.84 bits per heavy atom. The number of rotatable bonds is 7. The van der Waals surface area contributed by atoms with E-state index < -0.39 is 0 Å². The first-order chi connectivity index (χ1) is 15.6. The van der Waals surface area contributed by atoms with Crippen LogP contribution in [-0.4, -0.2) is 48.0 Å². The van der Waals surface area contributed by atoms with Gasteiger partial charge in [0.1, 0.15) is 0 Å². The lowest BCUT2D eigenvalue weighted by atomic mass is 10.0. The summed E-state index contributed by atoms with van der Waals surface area (Å²) in [5.74, 6) is 1.22. The highest BCUT2D eigenvalue weighted by atomic mass is 16.5. The molecular formula is C25H27N3O4. The third kappa shape index (κ3) is 5.23. The SMILES string of the molecule is Cc1c(NC(=O)CCCc2ncc(-c3ccccc3)o2)cccc1C(=O)N1CCOCC1. The zero-order valence-electron chi connectivity index (χ0n) is 18.2. The minimum absolute atomic E-state index is 0.0278. The second-order valence-corrected chi connectivity index (χ2v) is 7.77. The van der Waals surface area contributed by atoms with Crippen LogP contribution in [0.5, 0.6) is 0 Å². The molecule has 0 atom stereocenters. The summed E-state index contributed by atoms with van der Waals surface area (Å²) in [4.78, 5) is 31.4. The van der Waals surface area contributed by atoms with Crippen molar-refractivity contribution in [1.29, 1.82) is 0 Å². The van der Waals surface area contributed by atoms with E-state index in [-0.39, 0.29) is 11.8 Å². The Morgan fingerprint density at radius 3 is 2.62 bits per heavy atom. The van der Waals surface area contributed by atoms with Gasteiger partial charge in [0.2, 0.25) is 5.91 Å². The van der Waals surface area contributed by atoms with Crippen molar-refractivity contribution in [3.8, 4) is 11.3 Å². The minimum atomic E-state index is -0.0982. The standard InChI is InChI=1S/C25H27N3O4/c1-18-20(25(30)28-13-15-31-16-14-28)9-5-10-21(18)27-23(29)11-6-12-24-26-17-22(32-24)19-7-3-2-4-8-19/h2-5,7-10,17H,6,11-16H2,1H3,(H,27,29). The van der Waals surface area contributed by atoms with Crippen molar-refractivity contribution in [2.24, 2.45) is 0 Å². The normalized spacial score (nSPS) is 13.7. The molecule has 32 heavy (non-hydrogen) atoms. The van der Waals surface area contributed by atoms with Crippen LogP contribution in [0.3, 0.4) is 0 Å². The van der Waals surface area contributed by atoms with Gasteiger partial charge in [-0.1, -0.05) is 36.4 Å². The number of benzene rings is 2. The predicted octanol–water partition coefficient (Wildman–Crippen LogP) is 4.08. The molecular weight excluding hydrogens is 406 g/mol. The molecule has 2 amide bonds. The number of anilines is 1. The Labute approximate surface area is 187 Å². The average Bonchev–Trinajstić information content (AvgIpc) is 3.30. The van der Waals surface area contributed by atoms with Gasteiger partial charge >= 0.3 is 0 Å². The summed E-state index contributed by atoms with van der Waals surface area (Å²) >= 11 is 0. The van der Waals surface area contributed by atoms with Crippen molar-refractivity contribution < 1.29 is 18.7 Å². The van der Waals surface area contributed by atoms with Crippen LogP contribution in [0.1, 0.15) is 34.7 Å². The fraction of sp³-hybridized carbons (Fsp3) is 0.320. The third-order valence-corrected chi connectivity index (χ3v) is 5.54. The highest BCUT2D eigenvalue weighted by Gasteiger charge is 2.21. The molecule has 4 rings (SSSR count). The Hall–Kier alpha value is -3.45. The van der Waals surface area contributed by atoms with Crippen LogP contribution in [0.25, 0.3) is 11.3 Å². The van der Waals surface area contributed by atoms with Gasteiger partial charge in [0, 0.05) is 42.7 Å². The summed E-state index contributed by atoms with van der Waals surface area (Å²) in [7, 11) is 0. The first kappa shape index (κ1) is 21.8. The van der Waals surface area contributed by atoms with Crippen LogP contribution in [-0.2, 0) is 16.0 Å². The van der Waals surface area contributed by atoms with E-state index in [1.807, 2.05) is 43.3 Å². The van der Waals surface area contributed by atoms with Crippen molar-refractivity contribution in [1.82, 2.24) is 9.88 Å². The summed E-state index contributed by atoms with van der Waals surface area (Å²) in [6.45, 7) is 4.14. The number of aromatic nitrogens is 1.